The Morgan fingerprint density at radius 3 is 2.29 bits per heavy atom. The van der Waals surface area contributed by atoms with E-state index in [0.717, 1.165) is 12.4 Å². The summed E-state index contributed by atoms with van der Waals surface area (Å²) >= 11 is 0. The Bertz CT molecular complexity index is 660. The molecule has 1 aromatic heterocycles. The zero-order chi connectivity index (χ0) is 17.7. The van der Waals surface area contributed by atoms with Crippen LogP contribution in [0.1, 0.15) is 50.7 Å². The summed E-state index contributed by atoms with van der Waals surface area (Å²) in [4.78, 5) is 23.0. The normalized spacial score (nSPS) is 11.4. The quantitative estimate of drug-likeness (QED) is 0.914. The Morgan fingerprint density at radius 1 is 1.12 bits per heavy atom. The molecule has 0 aliphatic heterocycles. The standard InChI is InChI=1S/C19H26N4O/c1-14(2)23(13-15-9-7-6-8-10-15)17-12-20-16(11-21-17)18(24)22-19(3,4)5/h6-12,14H,13H2,1-5H3,(H,22,24). The van der Waals surface area contributed by atoms with Gasteiger partial charge in [-0.15, -0.1) is 0 Å². The van der Waals surface area contributed by atoms with Crippen LogP contribution in [0, 0.1) is 0 Å². The van der Waals surface area contributed by atoms with Gasteiger partial charge in [-0.1, -0.05) is 30.3 Å². The molecule has 1 aromatic carbocycles. The van der Waals surface area contributed by atoms with Crippen LogP contribution in [-0.4, -0.2) is 27.5 Å². The van der Waals surface area contributed by atoms with E-state index in [-0.39, 0.29) is 17.5 Å². The summed E-state index contributed by atoms with van der Waals surface area (Å²) < 4.78 is 0. The second-order valence-corrected chi connectivity index (χ2v) is 7.17. The lowest BCUT2D eigenvalue weighted by Gasteiger charge is -2.27. The van der Waals surface area contributed by atoms with E-state index in [1.54, 1.807) is 6.20 Å². The molecule has 0 spiro atoms. The summed E-state index contributed by atoms with van der Waals surface area (Å²) in [6.45, 7) is 10.8. The molecule has 1 heterocycles. The molecule has 2 rings (SSSR count). The van der Waals surface area contributed by atoms with Crippen molar-refractivity contribution in [2.75, 3.05) is 4.90 Å². The van der Waals surface area contributed by atoms with E-state index in [1.807, 2.05) is 39.0 Å². The first-order valence-electron chi connectivity index (χ1n) is 8.21. The molecule has 5 nitrogen and oxygen atoms in total. The third-order valence-electron chi connectivity index (χ3n) is 3.47. The largest absolute Gasteiger partial charge is 0.349 e. The van der Waals surface area contributed by atoms with Crippen molar-refractivity contribution in [3.63, 3.8) is 0 Å². The lowest BCUT2D eigenvalue weighted by molar-refractivity contribution is 0.0914. The summed E-state index contributed by atoms with van der Waals surface area (Å²) in [5.74, 6) is 0.557. The van der Waals surface area contributed by atoms with Gasteiger partial charge < -0.3 is 10.2 Å². The summed E-state index contributed by atoms with van der Waals surface area (Å²) in [6.07, 6.45) is 3.21. The maximum Gasteiger partial charge on any atom is 0.271 e. The van der Waals surface area contributed by atoms with Crippen molar-refractivity contribution in [1.29, 1.82) is 0 Å². The molecule has 0 radical (unpaired) electrons. The highest BCUT2D eigenvalue weighted by atomic mass is 16.2. The molecule has 0 aliphatic rings. The fraction of sp³-hybridized carbons (Fsp3) is 0.421. The Kier molecular flexibility index (Phi) is 5.54. The Balaban J connectivity index is 2.16. The van der Waals surface area contributed by atoms with E-state index >= 15 is 0 Å². The molecule has 1 amide bonds. The van der Waals surface area contributed by atoms with E-state index in [0.29, 0.717) is 5.69 Å². The third-order valence-corrected chi connectivity index (χ3v) is 3.47. The highest BCUT2D eigenvalue weighted by Crippen LogP contribution is 2.17. The molecule has 0 atom stereocenters. The van der Waals surface area contributed by atoms with Crippen molar-refractivity contribution in [3.05, 3.63) is 54.0 Å². The van der Waals surface area contributed by atoms with Crippen LogP contribution in [0.25, 0.3) is 0 Å². The second kappa shape index (κ2) is 7.43. The van der Waals surface area contributed by atoms with Crippen molar-refractivity contribution < 1.29 is 4.79 Å². The van der Waals surface area contributed by atoms with Crippen LogP contribution in [0.2, 0.25) is 0 Å². The van der Waals surface area contributed by atoms with Crippen LogP contribution in [0.4, 0.5) is 5.82 Å². The Hall–Kier alpha value is -2.43. The van der Waals surface area contributed by atoms with Gasteiger partial charge in [0.25, 0.3) is 5.91 Å². The number of carbonyl (C=O) groups is 1. The van der Waals surface area contributed by atoms with Crippen molar-refractivity contribution in [3.8, 4) is 0 Å². The van der Waals surface area contributed by atoms with Gasteiger partial charge in [-0.3, -0.25) is 4.79 Å². The smallest absolute Gasteiger partial charge is 0.271 e. The zero-order valence-corrected chi connectivity index (χ0v) is 15.1. The number of nitrogens with one attached hydrogen (secondary N) is 1. The van der Waals surface area contributed by atoms with E-state index in [4.69, 9.17) is 0 Å². The number of hydrogen-bond acceptors (Lipinski definition) is 4. The third kappa shape index (κ3) is 5.05. The van der Waals surface area contributed by atoms with Crippen molar-refractivity contribution in [2.45, 2.75) is 52.7 Å². The van der Waals surface area contributed by atoms with Gasteiger partial charge in [-0.05, 0) is 40.2 Å². The first kappa shape index (κ1) is 17.9. The lowest BCUT2D eigenvalue weighted by Crippen LogP contribution is -2.41. The average Bonchev–Trinajstić information content (AvgIpc) is 2.52. The number of carbonyl (C=O) groups excluding carboxylic acids is 1. The maximum absolute atomic E-state index is 12.1. The number of rotatable bonds is 5. The SMILES string of the molecule is CC(C)N(Cc1ccccc1)c1cnc(C(=O)NC(C)(C)C)cn1. The van der Waals surface area contributed by atoms with Crippen LogP contribution in [-0.2, 0) is 6.54 Å². The first-order chi connectivity index (χ1) is 11.3. The minimum absolute atomic E-state index is 0.208. The van der Waals surface area contributed by atoms with Gasteiger partial charge in [0.2, 0.25) is 0 Å². The highest BCUT2D eigenvalue weighted by molar-refractivity contribution is 5.92. The monoisotopic (exact) mass is 326 g/mol. The molecule has 0 saturated heterocycles. The number of aromatic nitrogens is 2. The van der Waals surface area contributed by atoms with Crippen LogP contribution >= 0.6 is 0 Å². The molecule has 0 aliphatic carbocycles. The van der Waals surface area contributed by atoms with Crippen LogP contribution in [0.3, 0.4) is 0 Å². The predicted octanol–water partition coefficient (Wildman–Crippen LogP) is 3.42. The topological polar surface area (TPSA) is 58.1 Å². The van der Waals surface area contributed by atoms with Gasteiger partial charge in [-0.2, -0.15) is 0 Å². The summed E-state index contributed by atoms with van der Waals surface area (Å²) in [7, 11) is 0. The van der Waals surface area contributed by atoms with Crippen LogP contribution < -0.4 is 10.2 Å². The number of nitrogens with zero attached hydrogens (tertiary/aromatic N) is 3. The second-order valence-electron chi connectivity index (χ2n) is 7.17. The van der Waals surface area contributed by atoms with Crippen LogP contribution in [0.15, 0.2) is 42.7 Å². The van der Waals surface area contributed by atoms with E-state index in [1.165, 1.54) is 11.8 Å². The van der Waals surface area contributed by atoms with E-state index < -0.39 is 0 Å². The van der Waals surface area contributed by atoms with Crippen molar-refractivity contribution in [2.24, 2.45) is 0 Å². The Morgan fingerprint density at radius 2 is 1.79 bits per heavy atom. The molecule has 24 heavy (non-hydrogen) atoms. The predicted molar refractivity (Wildman–Crippen MR) is 97.0 cm³/mol. The molecule has 1 N–H and O–H groups in total. The van der Waals surface area contributed by atoms with Crippen LogP contribution in [0.5, 0.6) is 0 Å². The maximum atomic E-state index is 12.1. The summed E-state index contributed by atoms with van der Waals surface area (Å²) in [5, 5.41) is 2.89. The van der Waals surface area contributed by atoms with Gasteiger partial charge >= 0.3 is 0 Å². The highest BCUT2D eigenvalue weighted by Gasteiger charge is 2.18. The molecule has 2 aromatic rings. The Labute approximate surface area is 144 Å². The van der Waals surface area contributed by atoms with Gasteiger partial charge in [-0.25, -0.2) is 9.97 Å². The number of amides is 1. The van der Waals surface area contributed by atoms with E-state index in [2.05, 4.69) is 46.2 Å². The van der Waals surface area contributed by atoms with Gasteiger partial charge in [0, 0.05) is 18.1 Å². The van der Waals surface area contributed by atoms with Gasteiger partial charge in [0.1, 0.15) is 11.5 Å². The molecule has 128 valence electrons. The molecule has 5 heteroatoms. The fourth-order valence-electron chi connectivity index (χ4n) is 2.30. The fourth-order valence-corrected chi connectivity index (χ4v) is 2.30. The van der Waals surface area contributed by atoms with Crippen molar-refractivity contribution in [1.82, 2.24) is 15.3 Å². The zero-order valence-electron chi connectivity index (χ0n) is 15.1. The number of hydrogen-bond donors (Lipinski definition) is 1. The molecule has 0 fully saturated rings. The average molecular weight is 326 g/mol. The van der Waals surface area contributed by atoms with Crippen molar-refractivity contribution >= 4 is 11.7 Å². The molecule has 0 unspecified atom stereocenters. The molecular formula is C19H26N4O. The minimum atomic E-state index is -0.297. The lowest BCUT2D eigenvalue weighted by atomic mass is 10.1. The summed E-state index contributed by atoms with van der Waals surface area (Å²) in [5.41, 5.74) is 1.24. The first-order valence-corrected chi connectivity index (χ1v) is 8.21. The van der Waals surface area contributed by atoms with Gasteiger partial charge in [0.15, 0.2) is 0 Å². The van der Waals surface area contributed by atoms with E-state index in [9.17, 15) is 4.79 Å². The molecule has 0 saturated carbocycles. The minimum Gasteiger partial charge on any atom is -0.349 e. The number of benzene rings is 1. The molecular weight excluding hydrogens is 300 g/mol. The molecule has 0 bridgehead atoms. The number of anilines is 1. The summed E-state index contributed by atoms with van der Waals surface area (Å²) in [6, 6.07) is 10.5. The van der Waals surface area contributed by atoms with Gasteiger partial charge in [0.05, 0.1) is 12.4 Å².